The van der Waals surface area contributed by atoms with Crippen molar-refractivity contribution in [3.05, 3.63) is 107 Å². The van der Waals surface area contributed by atoms with Crippen molar-refractivity contribution in [2.24, 2.45) is 0 Å². The number of fused-ring (bicyclic) bond motifs is 1. The van der Waals surface area contributed by atoms with Crippen LogP contribution >= 0.6 is 11.8 Å². The molecule has 2 heterocycles. The van der Waals surface area contributed by atoms with Crippen LogP contribution in [0.25, 0.3) is 17.0 Å². The molecule has 1 saturated heterocycles. The molecule has 0 saturated carbocycles. The van der Waals surface area contributed by atoms with Crippen molar-refractivity contribution in [1.29, 1.82) is 0 Å². The number of para-hydroxylation sites is 2. The average molecular weight is 469 g/mol. The lowest BCUT2D eigenvalue weighted by Crippen LogP contribution is -2.27. The normalized spacial score (nSPS) is 14.9. The number of nitrogens with zero attached hydrogens (tertiary/aromatic N) is 2. The van der Waals surface area contributed by atoms with E-state index >= 15 is 0 Å². The van der Waals surface area contributed by atoms with Gasteiger partial charge in [0.15, 0.2) is 0 Å². The molecule has 170 valence electrons. The molecule has 1 aromatic heterocycles. The zero-order valence-electron chi connectivity index (χ0n) is 18.6. The van der Waals surface area contributed by atoms with E-state index in [4.69, 9.17) is 4.74 Å². The molecule has 1 fully saturated rings. The number of carbonyl (C=O) groups excluding carboxylic acids is 2. The SMILES string of the molecule is O=C1S/C(=C\c2cn(CCCOc3ccccc3)c3ccccc23)C(=O)N1Cc1ccccc1. The Kier molecular flexibility index (Phi) is 6.49. The molecule has 0 spiro atoms. The molecule has 0 radical (unpaired) electrons. The third-order valence-electron chi connectivity index (χ3n) is 5.72. The van der Waals surface area contributed by atoms with Gasteiger partial charge in [-0.3, -0.25) is 14.5 Å². The summed E-state index contributed by atoms with van der Waals surface area (Å²) in [5.41, 5.74) is 2.96. The number of rotatable bonds is 8. The highest BCUT2D eigenvalue weighted by Gasteiger charge is 2.35. The molecule has 0 aliphatic carbocycles. The Morgan fingerprint density at radius 2 is 1.56 bits per heavy atom. The highest BCUT2D eigenvalue weighted by molar-refractivity contribution is 8.18. The van der Waals surface area contributed by atoms with Gasteiger partial charge in [0.1, 0.15) is 5.75 Å². The molecule has 2 amide bonds. The first kappa shape index (κ1) is 22.0. The second kappa shape index (κ2) is 10.0. The summed E-state index contributed by atoms with van der Waals surface area (Å²) in [4.78, 5) is 27.3. The van der Waals surface area contributed by atoms with Crippen LogP contribution in [0.1, 0.15) is 17.5 Å². The number of hydrogen-bond donors (Lipinski definition) is 0. The molecule has 34 heavy (non-hydrogen) atoms. The first-order valence-corrected chi connectivity index (χ1v) is 12.1. The Labute approximate surface area is 202 Å². The van der Waals surface area contributed by atoms with E-state index in [1.54, 1.807) is 0 Å². The second-order valence-corrected chi connectivity index (χ2v) is 9.06. The highest BCUT2D eigenvalue weighted by atomic mass is 32.2. The van der Waals surface area contributed by atoms with Crippen LogP contribution in [0.5, 0.6) is 5.75 Å². The summed E-state index contributed by atoms with van der Waals surface area (Å²) >= 11 is 1.00. The molecule has 0 N–H and O–H groups in total. The van der Waals surface area contributed by atoms with Gasteiger partial charge in [-0.05, 0) is 48.0 Å². The number of thioether (sulfide) groups is 1. The standard InChI is InChI=1S/C28H24N2O3S/c31-27-26(34-28(32)30(27)19-21-10-3-1-4-11-21)18-22-20-29(25-15-8-7-14-24(22)25)16-9-17-33-23-12-5-2-6-13-23/h1-8,10-15,18,20H,9,16-17,19H2/b26-18-. The van der Waals surface area contributed by atoms with E-state index < -0.39 is 0 Å². The van der Waals surface area contributed by atoms with Crippen molar-refractivity contribution >= 4 is 39.9 Å². The summed E-state index contributed by atoms with van der Waals surface area (Å²) in [6.07, 6.45) is 4.74. The minimum atomic E-state index is -0.244. The Bertz CT molecular complexity index is 1350. The molecule has 0 unspecified atom stereocenters. The third kappa shape index (κ3) is 4.77. The van der Waals surface area contributed by atoms with Gasteiger partial charge in [-0.25, -0.2) is 0 Å². The van der Waals surface area contributed by atoms with Crippen LogP contribution < -0.4 is 4.74 Å². The van der Waals surface area contributed by atoms with Crippen molar-refractivity contribution in [3.63, 3.8) is 0 Å². The van der Waals surface area contributed by atoms with Gasteiger partial charge in [-0.1, -0.05) is 66.7 Å². The van der Waals surface area contributed by atoms with Gasteiger partial charge in [-0.15, -0.1) is 0 Å². The summed E-state index contributed by atoms with van der Waals surface area (Å²) < 4.78 is 8.01. The fraction of sp³-hybridized carbons (Fsp3) is 0.143. The molecule has 0 atom stereocenters. The number of hydrogen-bond acceptors (Lipinski definition) is 4. The summed E-state index contributed by atoms with van der Waals surface area (Å²) in [6, 6.07) is 27.5. The summed E-state index contributed by atoms with van der Waals surface area (Å²) in [7, 11) is 0. The van der Waals surface area contributed by atoms with Gasteiger partial charge in [0.2, 0.25) is 0 Å². The van der Waals surface area contributed by atoms with Crippen LogP contribution in [0.4, 0.5) is 4.79 Å². The van der Waals surface area contributed by atoms with Crippen LogP contribution in [0, 0.1) is 0 Å². The van der Waals surface area contributed by atoms with Crippen LogP contribution in [-0.4, -0.2) is 27.2 Å². The molecule has 4 aromatic rings. The average Bonchev–Trinajstić information content (AvgIpc) is 3.35. The Hall–Kier alpha value is -3.77. The lowest BCUT2D eigenvalue weighted by molar-refractivity contribution is -0.123. The van der Waals surface area contributed by atoms with E-state index in [-0.39, 0.29) is 17.7 Å². The maximum atomic E-state index is 13.0. The van der Waals surface area contributed by atoms with E-state index in [0.29, 0.717) is 11.5 Å². The minimum absolute atomic E-state index is 0.234. The molecule has 1 aliphatic rings. The number of aromatic nitrogens is 1. The minimum Gasteiger partial charge on any atom is -0.494 e. The first-order valence-electron chi connectivity index (χ1n) is 11.2. The number of imide groups is 1. The Morgan fingerprint density at radius 1 is 0.853 bits per heavy atom. The second-order valence-electron chi connectivity index (χ2n) is 8.06. The van der Waals surface area contributed by atoms with Gasteiger partial charge >= 0.3 is 0 Å². The molecule has 3 aromatic carbocycles. The highest BCUT2D eigenvalue weighted by Crippen LogP contribution is 2.35. The van der Waals surface area contributed by atoms with Crippen molar-refractivity contribution < 1.29 is 14.3 Å². The molecular weight excluding hydrogens is 444 g/mol. The molecule has 1 aliphatic heterocycles. The van der Waals surface area contributed by atoms with Crippen molar-refractivity contribution in [2.45, 2.75) is 19.5 Å². The van der Waals surface area contributed by atoms with Gasteiger partial charge in [-0.2, -0.15) is 0 Å². The van der Waals surface area contributed by atoms with E-state index in [9.17, 15) is 9.59 Å². The van der Waals surface area contributed by atoms with E-state index in [0.717, 1.165) is 52.5 Å². The van der Waals surface area contributed by atoms with E-state index in [1.165, 1.54) is 4.90 Å². The molecule has 6 heteroatoms. The van der Waals surface area contributed by atoms with Crippen molar-refractivity contribution in [3.8, 4) is 5.75 Å². The fourth-order valence-electron chi connectivity index (χ4n) is 4.06. The van der Waals surface area contributed by atoms with Crippen molar-refractivity contribution in [1.82, 2.24) is 9.47 Å². The van der Waals surface area contributed by atoms with E-state index in [1.807, 2.05) is 84.9 Å². The first-order chi connectivity index (χ1) is 16.7. The third-order valence-corrected chi connectivity index (χ3v) is 6.63. The number of amides is 2. The van der Waals surface area contributed by atoms with Gasteiger partial charge in [0.05, 0.1) is 18.1 Å². The predicted octanol–water partition coefficient (Wildman–Crippen LogP) is 6.35. The maximum Gasteiger partial charge on any atom is 0.293 e. The smallest absolute Gasteiger partial charge is 0.293 e. The summed E-state index contributed by atoms with van der Waals surface area (Å²) in [5.74, 6) is 0.624. The lowest BCUT2D eigenvalue weighted by Gasteiger charge is -2.12. The van der Waals surface area contributed by atoms with Crippen LogP contribution in [0.2, 0.25) is 0 Å². The van der Waals surface area contributed by atoms with Crippen molar-refractivity contribution in [2.75, 3.05) is 6.61 Å². The lowest BCUT2D eigenvalue weighted by atomic mass is 10.1. The Morgan fingerprint density at radius 3 is 2.35 bits per heavy atom. The summed E-state index contributed by atoms with van der Waals surface area (Å²) in [5, 5.41) is 0.822. The zero-order valence-corrected chi connectivity index (χ0v) is 19.4. The molecule has 5 nitrogen and oxygen atoms in total. The van der Waals surface area contributed by atoms with Crippen LogP contribution in [-0.2, 0) is 17.9 Å². The topological polar surface area (TPSA) is 51.5 Å². The monoisotopic (exact) mass is 468 g/mol. The number of carbonyl (C=O) groups is 2. The maximum absolute atomic E-state index is 13.0. The molecule has 0 bridgehead atoms. The quantitative estimate of drug-likeness (QED) is 0.223. The van der Waals surface area contributed by atoms with E-state index in [2.05, 4.69) is 16.8 Å². The number of benzene rings is 3. The molecule has 5 rings (SSSR count). The zero-order chi connectivity index (χ0) is 23.3. The largest absolute Gasteiger partial charge is 0.494 e. The number of ether oxygens (including phenoxy) is 1. The number of aryl methyl sites for hydroxylation is 1. The summed E-state index contributed by atoms with van der Waals surface area (Å²) in [6.45, 7) is 1.69. The van der Waals surface area contributed by atoms with Crippen LogP contribution in [0.3, 0.4) is 0 Å². The molecular formula is C28H24N2O3S. The van der Waals surface area contributed by atoms with Gasteiger partial charge in [0, 0.05) is 29.2 Å². The van der Waals surface area contributed by atoms with Crippen LogP contribution in [0.15, 0.2) is 96.0 Å². The Balaban J connectivity index is 1.32. The van der Waals surface area contributed by atoms with Gasteiger partial charge in [0.25, 0.3) is 11.1 Å². The van der Waals surface area contributed by atoms with Gasteiger partial charge < -0.3 is 9.30 Å². The predicted molar refractivity (Wildman–Crippen MR) is 136 cm³/mol. The fourth-order valence-corrected chi connectivity index (χ4v) is 4.89.